The number of thiophene rings is 1. The predicted molar refractivity (Wildman–Crippen MR) is 100 cm³/mol. The Balaban J connectivity index is 1.84. The van der Waals surface area contributed by atoms with Crippen LogP contribution < -0.4 is 5.32 Å². The lowest BCUT2D eigenvalue weighted by atomic mass is 9.86. The van der Waals surface area contributed by atoms with E-state index < -0.39 is 5.41 Å². The summed E-state index contributed by atoms with van der Waals surface area (Å²) in [7, 11) is 1.78. The normalized spacial score (nSPS) is 23.7. The molecule has 142 valence electrons. The molecule has 1 N–H and O–H groups in total. The molecule has 1 unspecified atom stereocenters. The molecule has 1 aromatic rings. The minimum absolute atomic E-state index is 0.0208. The molecule has 0 radical (unpaired) electrons. The standard InChI is InChI=1S/C18H26N4O3S/c1-13(2)19-17(25)22-7-6-21(16(24)14-5-4-8-26-14)11-18(12-22)9-15(23)20(3)10-18/h4-5,8,13H,6-7,9-12H2,1-3H3,(H,19,25). The van der Waals surface area contributed by atoms with Gasteiger partial charge in [-0.1, -0.05) is 6.07 Å². The number of hydrogen-bond acceptors (Lipinski definition) is 4. The van der Waals surface area contributed by atoms with Crippen molar-refractivity contribution in [2.45, 2.75) is 26.3 Å². The smallest absolute Gasteiger partial charge is 0.317 e. The van der Waals surface area contributed by atoms with Crippen LogP contribution in [-0.2, 0) is 4.79 Å². The molecule has 4 amide bonds. The Labute approximate surface area is 157 Å². The van der Waals surface area contributed by atoms with Crippen LogP contribution in [0.15, 0.2) is 17.5 Å². The highest BCUT2D eigenvalue weighted by molar-refractivity contribution is 7.12. The molecule has 8 heteroatoms. The van der Waals surface area contributed by atoms with E-state index in [0.29, 0.717) is 44.0 Å². The van der Waals surface area contributed by atoms with Crippen molar-refractivity contribution in [2.75, 3.05) is 39.8 Å². The Hall–Kier alpha value is -2.09. The fourth-order valence-electron chi connectivity index (χ4n) is 3.82. The number of nitrogens with zero attached hydrogens (tertiary/aromatic N) is 3. The Bertz CT molecular complexity index is 691. The largest absolute Gasteiger partial charge is 0.345 e. The molecule has 7 nitrogen and oxygen atoms in total. The van der Waals surface area contributed by atoms with Gasteiger partial charge in [0.2, 0.25) is 5.91 Å². The van der Waals surface area contributed by atoms with Crippen LogP contribution in [0.1, 0.15) is 29.9 Å². The first-order valence-corrected chi connectivity index (χ1v) is 9.80. The van der Waals surface area contributed by atoms with E-state index in [-0.39, 0.29) is 23.9 Å². The zero-order valence-corrected chi connectivity index (χ0v) is 16.3. The van der Waals surface area contributed by atoms with Crippen LogP contribution in [-0.4, -0.2) is 78.4 Å². The summed E-state index contributed by atoms with van der Waals surface area (Å²) in [6.45, 7) is 6.32. The first-order valence-electron chi connectivity index (χ1n) is 8.92. The number of likely N-dealkylation sites (tertiary alicyclic amines) is 1. The van der Waals surface area contributed by atoms with Gasteiger partial charge in [0.1, 0.15) is 0 Å². The molecular weight excluding hydrogens is 352 g/mol. The maximum Gasteiger partial charge on any atom is 0.317 e. The van der Waals surface area contributed by atoms with Gasteiger partial charge in [0.05, 0.1) is 4.88 Å². The van der Waals surface area contributed by atoms with Gasteiger partial charge in [0.25, 0.3) is 5.91 Å². The van der Waals surface area contributed by atoms with Crippen molar-refractivity contribution >= 4 is 29.2 Å². The SMILES string of the molecule is CC(C)NC(=O)N1CCN(C(=O)c2cccs2)CC2(CC(=O)N(C)C2)C1. The van der Waals surface area contributed by atoms with E-state index >= 15 is 0 Å². The molecule has 0 bridgehead atoms. The fraction of sp³-hybridized carbons (Fsp3) is 0.611. The number of carbonyl (C=O) groups excluding carboxylic acids is 3. The summed E-state index contributed by atoms with van der Waals surface area (Å²) < 4.78 is 0. The Kier molecular flexibility index (Phi) is 5.22. The summed E-state index contributed by atoms with van der Waals surface area (Å²) in [5.41, 5.74) is -0.413. The zero-order chi connectivity index (χ0) is 18.9. The minimum Gasteiger partial charge on any atom is -0.345 e. The molecule has 1 spiro atoms. The van der Waals surface area contributed by atoms with Crippen molar-refractivity contribution in [3.63, 3.8) is 0 Å². The molecule has 3 heterocycles. The Morgan fingerprint density at radius 2 is 1.88 bits per heavy atom. The highest BCUT2D eigenvalue weighted by Crippen LogP contribution is 2.35. The van der Waals surface area contributed by atoms with E-state index in [9.17, 15) is 14.4 Å². The second-order valence-corrected chi connectivity index (χ2v) is 8.60. The van der Waals surface area contributed by atoms with E-state index in [1.165, 1.54) is 11.3 Å². The van der Waals surface area contributed by atoms with E-state index in [1.54, 1.807) is 21.7 Å². The lowest BCUT2D eigenvalue weighted by molar-refractivity contribution is -0.126. The van der Waals surface area contributed by atoms with Crippen molar-refractivity contribution < 1.29 is 14.4 Å². The van der Waals surface area contributed by atoms with Crippen molar-refractivity contribution in [3.05, 3.63) is 22.4 Å². The molecular formula is C18H26N4O3S. The van der Waals surface area contributed by atoms with Crippen LogP contribution in [0.3, 0.4) is 0 Å². The van der Waals surface area contributed by atoms with Gasteiger partial charge in [-0.2, -0.15) is 0 Å². The van der Waals surface area contributed by atoms with Crippen molar-refractivity contribution in [2.24, 2.45) is 5.41 Å². The second-order valence-electron chi connectivity index (χ2n) is 7.66. The molecule has 2 aliphatic rings. The van der Waals surface area contributed by atoms with Crippen LogP contribution in [0, 0.1) is 5.41 Å². The monoisotopic (exact) mass is 378 g/mol. The second kappa shape index (κ2) is 7.26. The fourth-order valence-corrected chi connectivity index (χ4v) is 4.51. The Morgan fingerprint density at radius 1 is 1.19 bits per heavy atom. The quantitative estimate of drug-likeness (QED) is 0.847. The average molecular weight is 378 g/mol. The molecule has 0 aromatic carbocycles. The number of carbonyl (C=O) groups is 3. The summed E-state index contributed by atoms with van der Waals surface area (Å²) in [6.07, 6.45) is 0.364. The number of hydrogen-bond donors (Lipinski definition) is 1. The van der Waals surface area contributed by atoms with Crippen LogP contribution >= 0.6 is 11.3 Å². The third kappa shape index (κ3) is 3.85. The zero-order valence-electron chi connectivity index (χ0n) is 15.5. The maximum atomic E-state index is 12.9. The van der Waals surface area contributed by atoms with E-state index in [1.807, 2.05) is 31.4 Å². The van der Waals surface area contributed by atoms with Crippen LogP contribution in [0.25, 0.3) is 0 Å². The molecule has 2 aliphatic heterocycles. The topological polar surface area (TPSA) is 73.0 Å². The molecule has 1 atom stereocenters. The van der Waals surface area contributed by atoms with Gasteiger partial charge in [-0.15, -0.1) is 11.3 Å². The summed E-state index contributed by atoms with van der Waals surface area (Å²) in [5, 5.41) is 4.81. The van der Waals surface area contributed by atoms with Crippen LogP contribution in [0.5, 0.6) is 0 Å². The minimum atomic E-state index is -0.413. The third-order valence-electron chi connectivity index (χ3n) is 4.94. The molecule has 26 heavy (non-hydrogen) atoms. The molecule has 0 saturated carbocycles. The highest BCUT2D eigenvalue weighted by atomic mass is 32.1. The van der Waals surface area contributed by atoms with Gasteiger partial charge in [-0.3, -0.25) is 9.59 Å². The number of rotatable bonds is 2. The summed E-state index contributed by atoms with van der Waals surface area (Å²) in [6, 6.07) is 3.59. The average Bonchev–Trinajstić information content (AvgIpc) is 3.13. The molecule has 1 aromatic heterocycles. The predicted octanol–water partition coefficient (Wildman–Crippen LogP) is 1.47. The molecule has 2 saturated heterocycles. The van der Waals surface area contributed by atoms with Crippen LogP contribution in [0.4, 0.5) is 4.79 Å². The number of amides is 4. The summed E-state index contributed by atoms with van der Waals surface area (Å²) >= 11 is 1.42. The lowest BCUT2D eigenvalue weighted by Gasteiger charge is -2.33. The maximum absolute atomic E-state index is 12.9. The van der Waals surface area contributed by atoms with E-state index in [0.717, 1.165) is 0 Å². The first kappa shape index (κ1) is 18.7. The first-order chi connectivity index (χ1) is 12.3. The number of nitrogens with one attached hydrogen (secondary N) is 1. The highest BCUT2D eigenvalue weighted by Gasteiger charge is 2.47. The van der Waals surface area contributed by atoms with Crippen molar-refractivity contribution in [1.82, 2.24) is 20.0 Å². The van der Waals surface area contributed by atoms with Crippen LogP contribution in [0.2, 0.25) is 0 Å². The van der Waals surface area contributed by atoms with Crippen molar-refractivity contribution in [1.29, 1.82) is 0 Å². The van der Waals surface area contributed by atoms with E-state index in [2.05, 4.69) is 5.32 Å². The van der Waals surface area contributed by atoms with E-state index in [4.69, 9.17) is 0 Å². The number of urea groups is 1. The summed E-state index contributed by atoms with van der Waals surface area (Å²) in [4.78, 5) is 43.7. The Morgan fingerprint density at radius 3 is 2.46 bits per heavy atom. The summed E-state index contributed by atoms with van der Waals surface area (Å²) in [5.74, 6) is 0.0483. The van der Waals surface area contributed by atoms with Gasteiger partial charge in [-0.25, -0.2) is 4.79 Å². The lowest BCUT2D eigenvalue weighted by Crippen LogP contribution is -2.49. The third-order valence-corrected chi connectivity index (χ3v) is 5.79. The van der Waals surface area contributed by atoms with Crippen molar-refractivity contribution in [3.8, 4) is 0 Å². The van der Waals surface area contributed by atoms with Gasteiger partial charge < -0.3 is 20.0 Å². The van der Waals surface area contributed by atoms with Gasteiger partial charge in [-0.05, 0) is 25.3 Å². The van der Waals surface area contributed by atoms with Gasteiger partial charge in [0.15, 0.2) is 0 Å². The molecule has 3 rings (SSSR count). The molecule has 0 aliphatic carbocycles. The molecule has 2 fully saturated rings. The van der Waals surface area contributed by atoms with Gasteiger partial charge >= 0.3 is 6.03 Å². The van der Waals surface area contributed by atoms with Gasteiger partial charge in [0, 0.05) is 57.6 Å².